The minimum absolute atomic E-state index is 0.0467. The van der Waals surface area contributed by atoms with E-state index in [2.05, 4.69) is 42.0 Å². The van der Waals surface area contributed by atoms with Crippen LogP contribution in [0.4, 0.5) is 4.39 Å². The molecule has 1 N–H and O–H groups in total. The fraction of sp³-hybridized carbons (Fsp3) is 0.500. The molecule has 0 aliphatic carbocycles. The van der Waals surface area contributed by atoms with E-state index >= 15 is 0 Å². The lowest BCUT2D eigenvalue weighted by Gasteiger charge is -2.31. The van der Waals surface area contributed by atoms with Crippen molar-refractivity contribution >= 4 is 15.9 Å². The summed E-state index contributed by atoms with van der Waals surface area (Å²) in [6.45, 7) is 6.39. The fourth-order valence-corrected chi connectivity index (χ4v) is 2.29. The first-order valence-electron chi connectivity index (χ1n) is 4.99. The van der Waals surface area contributed by atoms with Gasteiger partial charge in [0.15, 0.2) is 0 Å². The summed E-state index contributed by atoms with van der Waals surface area (Å²) in [6.07, 6.45) is 0. The fourth-order valence-electron chi connectivity index (χ4n) is 1.80. The monoisotopic (exact) mass is 273 g/mol. The summed E-state index contributed by atoms with van der Waals surface area (Å²) in [5.74, 6) is -0.211. The molecule has 1 aromatic carbocycles. The number of hydrogen-bond acceptors (Lipinski definition) is 1. The number of nitrogens with one attached hydrogen (secondary N) is 1. The molecule has 1 aromatic rings. The van der Waals surface area contributed by atoms with E-state index in [4.69, 9.17) is 0 Å². The quantitative estimate of drug-likeness (QED) is 0.862. The van der Waals surface area contributed by atoms with Crippen molar-refractivity contribution in [2.24, 2.45) is 5.41 Å². The van der Waals surface area contributed by atoms with Crippen molar-refractivity contribution in [3.05, 3.63) is 34.1 Å². The molecule has 0 spiro atoms. The average molecular weight is 274 g/mol. The van der Waals surface area contributed by atoms with E-state index in [9.17, 15) is 4.39 Å². The molecule has 0 saturated carbocycles. The van der Waals surface area contributed by atoms with E-state index < -0.39 is 0 Å². The van der Waals surface area contributed by atoms with Crippen LogP contribution in [-0.2, 0) is 0 Å². The molecule has 1 atom stereocenters. The maximum atomic E-state index is 13.4. The lowest BCUT2D eigenvalue weighted by molar-refractivity contribution is 0.285. The maximum absolute atomic E-state index is 13.4. The SMILES string of the molecule is CNC(c1cccc(F)c1Br)C(C)(C)C. The van der Waals surface area contributed by atoms with Crippen LogP contribution in [0.2, 0.25) is 0 Å². The molecule has 1 rings (SSSR count). The van der Waals surface area contributed by atoms with E-state index in [0.717, 1.165) is 5.56 Å². The van der Waals surface area contributed by atoms with Crippen LogP contribution in [0.5, 0.6) is 0 Å². The molecule has 0 amide bonds. The van der Waals surface area contributed by atoms with Crippen molar-refractivity contribution in [3.8, 4) is 0 Å². The van der Waals surface area contributed by atoms with Gasteiger partial charge in [-0.1, -0.05) is 32.9 Å². The van der Waals surface area contributed by atoms with Gasteiger partial charge in [-0.15, -0.1) is 0 Å². The highest BCUT2D eigenvalue weighted by atomic mass is 79.9. The zero-order chi connectivity index (χ0) is 11.6. The van der Waals surface area contributed by atoms with E-state index in [0.29, 0.717) is 4.47 Å². The number of halogens is 2. The third kappa shape index (κ3) is 2.79. The van der Waals surface area contributed by atoms with E-state index in [-0.39, 0.29) is 17.3 Å². The van der Waals surface area contributed by atoms with Crippen molar-refractivity contribution in [1.29, 1.82) is 0 Å². The second-order valence-electron chi connectivity index (χ2n) is 4.73. The summed E-state index contributed by atoms with van der Waals surface area (Å²) in [5, 5.41) is 3.23. The Labute approximate surface area is 99.2 Å². The molecule has 1 nitrogen and oxygen atoms in total. The second-order valence-corrected chi connectivity index (χ2v) is 5.52. The molecule has 0 heterocycles. The Balaban J connectivity index is 3.19. The smallest absolute Gasteiger partial charge is 0.137 e. The summed E-state index contributed by atoms with van der Waals surface area (Å²) in [7, 11) is 1.90. The van der Waals surface area contributed by atoms with E-state index in [1.807, 2.05) is 13.1 Å². The third-order valence-electron chi connectivity index (χ3n) is 2.45. The van der Waals surface area contributed by atoms with Crippen LogP contribution < -0.4 is 5.32 Å². The van der Waals surface area contributed by atoms with Gasteiger partial charge in [0.1, 0.15) is 5.82 Å². The van der Waals surface area contributed by atoms with Gasteiger partial charge in [0.25, 0.3) is 0 Å². The molecular formula is C12H17BrFN. The molecule has 3 heteroatoms. The number of benzene rings is 1. The number of rotatable bonds is 2. The molecular weight excluding hydrogens is 257 g/mol. The van der Waals surface area contributed by atoms with Crippen molar-refractivity contribution in [3.63, 3.8) is 0 Å². The van der Waals surface area contributed by atoms with Crippen LogP contribution in [0.25, 0.3) is 0 Å². The third-order valence-corrected chi connectivity index (χ3v) is 3.28. The molecule has 1 unspecified atom stereocenters. The molecule has 0 aliphatic heterocycles. The summed E-state index contributed by atoms with van der Waals surface area (Å²) >= 11 is 3.30. The van der Waals surface area contributed by atoms with Crippen LogP contribution in [-0.4, -0.2) is 7.05 Å². The van der Waals surface area contributed by atoms with Gasteiger partial charge in [-0.2, -0.15) is 0 Å². The highest BCUT2D eigenvalue weighted by Crippen LogP contribution is 2.36. The first kappa shape index (κ1) is 12.7. The van der Waals surface area contributed by atoms with Crippen LogP contribution in [0.1, 0.15) is 32.4 Å². The zero-order valence-electron chi connectivity index (χ0n) is 9.57. The Hall–Kier alpha value is -0.410. The predicted molar refractivity (Wildman–Crippen MR) is 65.4 cm³/mol. The summed E-state index contributed by atoms with van der Waals surface area (Å²) in [5.41, 5.74) is 1.01. The van der Waals surface area contributed by atoms with Crippen molar-refractivity contribution in [2.45, 2.75) is 26.8 Å². The maximum Gasteiger partial charge on any atom is 0.137 e. The van der Waals surface area contributed by atoms with Crippen LogP contribution >= 0.6 is 15.9 Å². The molecule has 0 saturated heterocycles. The minimum Gasteiger partial charge on any atom is -0.313 e. The predicted octanol–water partition coefficient (Wildman–Crippen LogP) is 3.89. The van der Waals surface area contributed by atoms with E-state index in [1.54, 1.807) is 6.07 Å². The zero-order valence-corrected chi connectivity index (χ0v) is 11.2. The van der Waals surface area contributed by atoms with Crippen molar-refractivity contribution < 1.29 is 4.39 Å². The molecule has 0 aliphatic rings. The first-order valence-corrected chi connectivity index (χ1v) is 5.78. The largest absolute Gasteiger partial charge is 0.313 e. The van der Waals surface area contributed by atoms with Gasteiger partial charge in [-0.05, 0) is 40.0 Å². The average Bonchev–Trinajstić information content (AvgIpc) is 2.11. The summed E-state index contributed by atoms with van der Waals surface area (Å²) in [4.78, 5) is 0. The standard InChI is InChI=1S/C12H17BrFN/c1-12(2,3)11(15-4)8-6-5-7-9(14)10(8)13/h5-7,11,15H,1-4H3. The molecule has 0 bridgehead atoms. The van der Waals surface area contributed by atoms with Gasteiger partial charge in [0, 0.05) is 6.04 Å². The molecule has 0 radical (unpaired) electrons. The Morgan fingerprint density at radius 3 is 2.40 bits per heavy atom. The first-order chi connectivity index (χ1) is 6.88. The molecule has 0 fully saturated rings. The second kappa shape index (κ2) is 4.62. The highest BCUT2D eigenvalue weighted by Gasteiger charge is 2.26. The lowest BCUT2D eigenvalue weighted by atomic mass is 9.82. The van der Waals surface area contributed by atoms with Gasteiger partial charge in [0.2, 0.25) is 0 Å². The van der Waals surface area contributed by atoms with E-state index in [1.165, 1.54) is 6.07 Å². The lowest BCUT2D eigenvalue weighted by Crippen LogP contribution is -2.30. The molecule has 84 valence electrons. The number of hydrogen-bond donors (Lipinski definition) is 1. The molecule has 0 aromatic heterocycles. The summed E-state index contributed by atoms with van der Waals surface area (Å²) in [6, 6.07) is 5.27. The summed E-state index contributed by atoms with van der Waals surface area (Å²) < 4.78 is 13.9. The highest BCUT2D eigenvalue weighted by molar-refractivity contribution is 9.10. The molecule has 15 heavy (non-hydrogen) atoms. The Bertz CT molecular complexity index is 344. The van der Waals surface area contributed by atoms with Crippen LogP contribution in [0.3, 0.4) is 0 Å². The van der Waals surface area contributed by atoms with Gasteiger partial charge in [-0.25, -0.2) is 4.39 Å². The van der Waals surface area contributed by atoms with Crippen molar-refractivity contribution in [1.82, 2.24) is 5.32 Å². The Kier molecular flexibility index (Phi) is 3.90. The normalized spacial score (nSPS) is 14.0. The van der Waals surface area contributed by atoms with Gasteiger partial charge in [-0.3, -0.25) is 0 Å². The Morgan fingerprint density at radius 2 is 1.93 bits per heavy atom. The topological polar surface area (TPSA) is 12.0 Å². The van der Waals surface area contributed by atoms with Crippen LogP contribution in [0.15, 0.2) is 22.7 Å². The van der Waals surface area contributed by atoms with Crippen LogP contribution in [0, 0.1) is 11.2 Å². The van der Waals surface area contributed by atoms with Gasteiger partial charge < -0.3 is 5.32 Å². The minimum atomic E-state index is -0.211. The Morgan fingerprint density at radius 1 is 1.33 bits per heavy atom. The van der Waals surface area contributed by atoms with Gasteiger partial charge >= 0.3 is 0 Å². The van der Waals surface area contributed by atoms with Crippen molar-refractivity contribution in [2.75, 3.05) is 7.05 Å². The van der Waals surface area contributed by atoms with Gasteiger partial charge in [0.05, 0.1) is 4.47 Å².